The molecule has 7 rings (SSSR count). The first-order chi connectivity index (χ1) is 24.7. The van der Waals surface area contributed by atoms with E-state index in [0.29, 0.717) is 23.2 Å². The van der Waals surface area contributed by atoms with Gasteiger partial charge in [-0.25, -0.2) is 0 Å². The number of phenolic OH excluding ortho intramolecular Hbond substituents is 3. The van der Waals surface area contributed by atoms with Crippen LogP contribution in [0.5, 0.6) is 40.2 Å². The molecule has 10 nitrogen and oxygen atoms in total. The van der Waals surface area contributed by atoms with Crippen LogP contribution in [0.4, 0.5) is 0 Å². The molecule has 0 aromatic heterocycles. The van der Waals surface area contributed by atoms with E-state index in [1.807, 2.05) is 6.07 Å². The quantitative estimate of drug-likeness (QED) is 0.130. The molecule has 2 bridgehead atoms. The molecule has 12 heteroatoms. The van der Waals surface area contributed by atoms with Gasteiger partial charge in [-0.3, -0.25) is 0 Å². The van der Waals surface area contributed by atoms with Crippen molar-refractivity contribution in [3.63, 3.8) is 0 Å². The van der Waals surface area contributed by atoms with E-state index in [4.69, 9.17) is 18.9 Å². The number of benzene rings is 3. The summed E-state index contributed by atoms with van der Waals surface area (Å²) in [5, 5.41) is 66.8. The molecule has 2 aliphatic heterocycles. The minimum atomic E-state index is -1.15. The molecular weight excluding hydrogens is 693 g/mol. The van der Waals surface area contributed by atoms with Crippen LogP contribution in [0.15, 0.2) is 30.3 Å². The molecular formula is C39H48O10S2. The molecule has 4 aliphatic rings. The Morgan fingerprint density at radius 1 is 0.863 bits per heavy atom. The summed E-state index contributed by atoms with van der Waals surface area (Å²) < 4.78 is 24.7. The maximum Gasteiger partial charge on any atom is 0.207 e. The third-order valence-electron chi connectivity index (χ3n) is 11.1. The molecule has 0 radical (unpaired) electrons. The van der Waals surface area contributed by atoms with Crippen LogP contribution >= 0.6 is 21.6 Å². The molecule has 0 saturated heterocycles. The van der Waals surface area contributed by atoms with E-state index in [1.54, 1.807) is 45.9 Å². The summed E-state index contributed by atoms with van der Waals surface area (Å²) in [5.74, 6) is 1.28. The summed E-state index contributed by atoms with van der Waals surface area (Å²) in [6.07, 6.45) is 4.18. The van der Waals surface area contributed by atoms with E-state index >= 15 is 0 Å². The maximum absolute atomic E-state index is 12.4. The molecule has 3 aromatic rings. The van der Waals surface area contributed by atoms with Gasteiger partial charge in [-0.2, -0.15) is 0 Å². The van der Waals surface area contributed by atoms with Crippen molar-refractivity contribution < 1.29 is 49.6 Å². The second kappa shape index (κ2) is 15.4. The van der Waals surface area contributed by atoms with Crippen molar-refractivity contribution in [3.8, 4) is 51.4 Å². The highest BCUT2D eigenvalue weighted by Crippen LogP contribution is 2.60. The zero-order valence-corrected chi connectivity index (χ0v) is 30.7. The van der Waals surface area contributed by atoms with Gasteiger partial charge in [-0.05, 0) is 85.3 Å². The van der Waals surface area contributed by atoms with Gasteiger partial charge < -0.3 is 49.6 Å². The molecule has 51 heavy (non-hydrogen) atoms. The molecule has 6 atom stereocenters. The van der Waals surface area contributed by atoms with E-state index in [2.05, 4.69) is 6.92 Å². The zero-order chi connectivity index (χ0) is 35.8. The topological polar surface area (TPSA) is 158 Å². The van der Waals surface area contributed by atoms with Crippen LogP contribution in [-0.2, 0) is 0 Å². The molecule has 2 heterocycles. The molecule has 0 spiro atoms. The number of ether oxygens (including phenoxy) is 4. The van der Waals surface area contributed by atoms with Gasteiger partial charge in [0.2, 0.25) is 11.5 Å². The average Bonchev–Trinajstić information content (AvgIpc) is 3.64. The predicted octanol–water partition coefficient (Wildman–Crippen LogP) is 7.12. The van der Waals surface area contributed by atoms with Crippen molar-refractivity contribution in [2.24, 2.45) is 5.92 Å². The van der Waals surface area contributed by atoms with Gasteiger partial charge >= 0.3 is 0 Å². The molecule has 0 amide bonds. The highest BCUT2D eigenvalue weighted by molar-refractivity contribution is 8.76. The van der Waals surface area contributed by atoms with Crippen molar-refractivity contribution in [2.45, 2.75) is 87.9 Å². The fourth-order valence-electron chi connectivity index (χ4n) is 8.53. The van der Waals surface area contributed by atoms with Gasteiger partial charge in [0.05, 0.1) is 26.4 Å². The van der Waals surface area contributed by atoms with Crippen molar-refractivity contribution in [2.75, 3.05) is 38.4 Å². The number of hydrogen-bond donors (Lipinski definition) is 6. The number of fused-ring (bicyclic) bond motifs is 4. The number of aliphatic hydroxyl groups is 3. The highest BCUT2D eigenvalue weighted by atomic mass is 33.1. The summed E-state index contributed by atoms with van der Waals surface area (Å²) in [7, 11) is 4.81. The average molecular weight is 741 g/mol. The lowest BCUT2D eigenvalue weighted by Gasteiger charge is -2.43. The maximum atomic E-state index is 12.4. The van der Waals surface area contributed by atoms with Crippen LogP contribution in [0.3, 0.4) is 0 Å². The molecule has 276 valence electrons. The van der Waals surface area contributed by atoms with Crippen LogP contribution in [0.2, 0.25) is 0 Å². The fourth-order valence-corrected chi connectivity index (χ4v) is 11.1. The summed E-state index contributed by atoms with van der Waals surface area (Å²) >= 11 is 0. The monoisotopic (exact) mass is 740 g/mol. The number of aliphatic hydroxyl groups excluding tert-OH is 3. The van der Waals surface area contributed by atoms with Crippen molar-refractivity contribution in [1.29, 1.82) is 0 Å². The Balaban J connectivity index is 1.44. The van der Waals surface area contributed by atoms with Crippen LogP contribution in [-0.4, -0.2) is 81.3 Å². The lowest BCUT2D eigenvalue weighted by molar-refractivity contribution is 0.00255. The first kappa shape index (κ1) is 36.2. The van der Waals surface area contributed by atoms with Crippen molar-refractivity contribution >= 4 is 21.6 Å². The number of rotatable bonds is 8. The van der Waals surface area contributed by atoms with E-state index in [-0.39, 0.29) is 66.2 Å². The Bertz CT molecular complexity index is 1730. The summed E-state index contributed by atoms with van der Waals surface area (Å²) in [6, 6.07) is 8.66. The molecule has 1 saturated carbocycles. The van der Waals surface area contributed by atoms with Gasteiger partial charge in [0, 0.05) is 46.1 Å². The van der Waals surface area contributed by atoms with Gasteiger partial charge in [-0.1, -0.05) is 41.0 Å². The van der Waals surface area contributed by atoms with Gasteiger partial charge in [0.15, 0.2) is 17.6 Å². The third kappa shape index (κ3) is 6.78. The number of methoxy groups -OCH3 is 1. The Labute approximate surface area is 306 Å². The fraction of sp³-hybridized carbons (Fsp3) is 0.538. The lowest BCUT2D eigenvalue weighted by Crippen LogP contribution is -2.38. The number of phenols is 3. The lowest BCUT2D eigenvalue weighted by atomic mass is 9.66. The van der Waals surface area contributed by atoms with Crippen LogP contribution in [0.25, 0.3) is 11.1 Å². The highest BCUT2D eigenvalue weighted by Gasteiger charge is 2.47. The predicted molar refractivity (Wildman–Crippen MR) is 198 cm³/mol. The number of aromatic hydroxyl groups is 3. The van der Waals surface area contributed by atoms with E-state index in [1.165, 1.54) is 7.11 Å². The molecule has 6 N–H and O–H groups in total. The van der Waals surface area contributed by atoms with Crippen LogP contribution < -0.4 is 18.9 Å². The molecule has 2 aliphatic carbocycles. The summed E-state index contributed by atoms with van der Waals surface area (Å²) in [4.78, 5) is 0. The SMILES string of the molecule is COc1c(O)c(OC2CCCC2)cc(C2Oc3cc(OCCO)c4c5c3C(CSSCCC(C)CCC(c3cc(O)ccc3-4)C5CO)C2O)c1O. The molecule has 3 aromatic carbocycles. The first-order valence-corrected chi connectivity index (χ1v) is 20.5. The zero-order valence-electron chi connectivity index (χ0n) is 29.0. The first-order valence-electron chi connectivity index (χ1n) is 18.0. The second-order valence-corrected chi connectivity index (χ2v) is 16.9. The van der Waals surface area contributed by atoms with Gasteiger partial charge in [-0.15, -0.1) is 0 Å². The van der Waals surface area contributed by atoms with E-state index in [0.717, 1.165) is 78.5 Å². The largest absolute Gasteiger partial charge is 0.508 e. The standard InChI is InChI=1S/C39H48O10S2/c1-20-7-9-23-25-15-21(42)8-10-24(25)32-29(47-13-12-40)17-30-33(34(32)27(23)18-41)28(19-51-50-14-11-20)36(44)38(49-30)26-16-31(48-22-5-3-4-6-22)37(45)39(46-2)35(26)43/h8,10,15-17,20,22-23,27-28,36,38,40-45H,3-7,9,11-14,18-19H2,1-2H3. The third-order valence-corrected chi connectivity index (χ3v) is 13.6. The van der Waals surface area contributed by atoms with E-state index in [9.17, 15) is 30.6 Å². The molecule has 1 fully saturated rings. The minimum absolute atomic E-state index is 0.0170. The van der Waals surface area contributed by atoms with Crippen molar-refractivity contribution in [1.82, 2.24) is 0 Å². The Kier molecular flexibility index (Phi) is 11.0. The van der Waals surface area contributed by atoms with Crippen LogP contribution in [0.1, 0.15) is 98.0 Å². The number of hydrogen-bond acceptors (Lipinski definition) is 12. The summed E-state index contributed by atoms with van der Waals surface area (Å²) in [6.45, 7) is 1.87. The Morgan fingerprint density at radius 3 is 2.41 bits per heavy atom. The van der Waals surface area contributed by atoms with Crippen molar-refractivity contribution in [3.05, 3.63) is 52.6 Å². The second-order valence-electron chi connectivity index (χ2n) is 14.2. The Morgan fingerprint density at radius 2 is 1.67 bits per heavy atom. The van der Waals surface area contributed by atoms with Crippen LogP contribution in [0, 0.1) is 5.92 Å². The minimum Gasteiger partial charge on any atom is -0.508 e. The summed E-state index contributed by atoms with van der Waals surface area (Å²) in [5.41, 5.74) is 4.41. The molecule has 6 unspecified atom stereocenters. The Hall–Kier alpha value is -3.16. The van der Waals surface area contributed by atoms with Gasteiger partial charge in [0.25, 0.3) is 0 Å². The van der Waals surface area contributed by atoms with Gasteiger partial charge in [0.1, 0.15) is 30.0 Å². The normalized spacial score (nSPS) is 26.2. The van der Waals surface area contributed by atoms with E-state index < -0.39 is 24.0 Å². The smallest absolute Gasteiger partial charge is 0.207 e.